The molecule has 2 N–H and O–H groups in total. The van der Waals surface area contributed by atoms with E-state index in [1.165, 1.54) is 18.2 Å². The van der Waals surface area contributed by atoms with Crippen LogP contribution in [0, 0.1) is 11.6 Å². The lowest BCUT2D eigenvalue weighted by Gasteiger charge is -2.09. The number of alkyl halides is 2. The third-order valence-corrected chi connectivity index (χ3v) is 2.73. The second kappa shape index (κ2) is 7.44. The maximum absolute atomic E-state index is 13.4. The molecule has 0 radical (unpaired) electrons. The van der Waals surface area contributed by atoms with Gasteiger partial charge in [0.05, 0.1) is 0 Å². The van der Waals surface area contributed by atoms with Crippen LogP contribution in [0.2, 0.25) is 0 Å². The van der Waals surface area contributed by atoms with E-state index in [1.54, 1.807) is 5.32 Å². The van der Waals surface area contributed by atoms with Gasteiger partial charge in [-0.3, -0.25) is 10.1 Å². The lowest BCUT2D eigenvalue weighted by molar-refractivity contribution is -0.0498. The quantitative estimate of drug-likeness (QED) is 0.836. The Kier molecular flexibility index (Phi) is 5.35. The van der Waals surface area contributed by atoms with E-state index in [0.29, 0.717) is 0 Å². The molecule has 24 heavy (non-hydrogen) atoms. The molecule has 5 nitrogen and oxygen atoms in total. The van der Waals surface area contributed by atoms with Gasteiger partial charge in [0.25, 0.3) is 5.91 Å². The van der Waals surface area contributed by atoms with Gasteiger partial charge in [0.1, 0.15) is 22.9 Å². The minimum absolute atomic E-state index is 0.0347. The number of benzene rings is 2. The highest BCUT2D eigenvalue weighted by molar-refractivity contribution is 6.08. The fraction of sp³-hybridized carbons (Fsp3) is 0.0667. The maximum atomic E-state index is 13.4. The Labute approximate surface area is 133 Å². The van der Waals surface area contributed by atoms with E-state index in [1.807, 2.05) is 0 Å². The third-order valence-electron chi connectivity index (χ3n) is 2.73. The Morgan fingerprint density at radius 3 is 2.25 bits per heavy atom. The fourth-order valence-corrected chi connectivity index (χ4v) is 1.79. The standard InChI is InChI=1S/C15H10F4N2O3/c16-10-5-2-6-11(17)12(10)13(22)21-15(23)20-8-3-1-4-9(7-8)24-14(18)19/h1-7,14H,(H2,20,21,22,23). The van der Waals surface area contributed by atoms with Gasteiger partial charge in [0, 0.05) is 11.8 Å². The summed E-state index contributed by atoms with van der Waals surface area (Å²) in [7, 11) is 0. The Hall–Kier alpha value is -3.10. The number of hydrogen-bond acceptors (Lipinski definition) is 3. The monoisotopic (exact) mass is 342 g/mol. The van der Waals surface area contributed by atoms with Gasteiger partial charge in [-0.2, -0.15) is 8.78 Å². The van der Waals surface area contributed by atoms with Crippen molar-refractivity contribution in [2.75, 3.05) is 5.32 Å². The molecule has 126 valence electrons. The van der Waals surface area contributed by atoms with Crippen LogP contribution in [0.1, 0.15) is 10.4 Å². The SMILES string of the molecule is O=C(NC(=O)c1c(F)cccc1F)Nc1cccc(OC(F)F)c1. The number of carbonyl (C=O) groups excluding carboxylic acids is 2. The summed E-state index contributed by atoms with van der Waals surface area (Å²) in [6.45, 7) is -3.04. The number of ether oxygens (including phenoxy) is 1. The molecule has 0 aliphatic carbocycles. The molecule has 0 aliphatic heterocycles. The summed E-state index contributed by atoms with van der Waals surface area (Å²) in [5.74, 6) is -3.77. The van der Waals surface area contributed by atoms with E-state index in [9.17, 15) is 27.2 Å². The molecule has 0 aromatic heterocycles. The van der Waals surface area contributed by atoms with Gasteiger partial charge >= 0.3 is 12.6 Å². The van der Waals surface area contributed by atoms with Gasteiger partial charge < -0.3 is 10.1 Å². The predicted molar refractivity (Wildman–Crippen MR) is 75.9 cm³/mol. The molecule has 0 saturated heterocycles. The first kappa shape index (κ1) is 17.3. The minimum atomic E-state index is -3.04. The first-order valence-corrected chi connectivity index (χ1v) is 6.48. The smallest absolute Gasteiger partial charge is 0.387 e. The Balaban J connectivity index is 2.04. The summed E-state index contributed by atoms with van der Waals surface area (Å²) < 4.78 is 55.2. The average molecular weight is 342 g/mol. The molecule has 2 rings (SSSR count). The summed E-state index contributed by atoms with van der Waals surface area (Å²) in [6, 6.07) is 6.67. The summed E-state index contributed by atoms with van der Waals surface area (Å²) >= 11 is 0. The van der Waals surface area contributed by atoms with Gasteiger partial charge in [0.2, 0.25) is 0 Å². The number of halogens is 4. The lowest BCUT2D eigenvalue weighted by Crippen LogP contribution is -2.35. The van der Waals surface area contributed by atoms with Crippen molar-refractivity contribution < 1.29 is 31.9 Å². The molecule has 0 spiro atoms. The number of amides is 3. The number of rotatable bonds is 4. The van der Waals surface area contributed by atoms with Crippen LogP contribution in [0.5, 0.6) is 5.75 Å². The average Bonchev–Trinajstić information content (AvgIpc) is 2.46. The normalized spacial score (nSPS) is 10.4. The van der Waals surface area contributed by atoms with Crippen LogP contribution in [0.4, 0.5) is 28.0 Å². The molecule has 0 saturated carbocycles. The molecular weight excluding hydrogens is 332 g/mol. The van der Waals surface area contributed by atoms with E-state index >= 15 is 0 Å². The van der Waals surface area contributed by atoms with Crippen molar-refractivity contribution in [1.82, 2.24) is 5.32 Å². The molecule has 3 amide bonds. The van der Waals surface area contributed by atoms with Gasteiger partial charge in [-0.05, 0) is 24.3 Å². The van der Waals surface area contributed by atoms with Crippen LogP contribution in [0.25, 0.3) is 0 Å². The molecule has 0 unspecified atom stereocenters. The van der Waals surface area contributed by atoms with Crippen LogP contribution in [0.3, 0.4) is 0 Å². The third kappa shape index (κ3) is 4.45. The molecule has 0 heterocycles. The topological polar surface area (TPSA) is 67.4 Å². The van der Waals surface area contributed by atoms with Crippen molar-refractivity contribution in [3.63, 3.8) is 0 Å². The van der Waals surface area contributed by atoms with Crippen molar-refractivity contribution in [2.24, 2.45) is 0 Å². The molecule has 2 aromatic rings. The van der Waals surface area contributed by atoms with E-state index < -0.39 is 35.7 Å². The first-order chi connectivity index (χ1) is 11.4. The van der Waals surface area contributed by atoms with Crippen LogP contribution in [-0.2, 0) is 0 Å². The zero-order valence-corrected chi connectivity index (χ0v) is 11.9. The molecular formula is C15H10F4N2O3. The fourth-order valence-electron chi connectivity index (χ4n) is 1.79. The summed E-state index contributed by atoms with van der Waals surface area (Å²) in [5, 5.41) is 3.88. The van der Waals surface area contributed by atoms with E-state index in [4.69, 9.17) is 0 Å². The Morgan fingerprint density at radius 2 is 1.62 bits per heavy atom. The van der Waals surface area contributed by atoms with E-state index in [2.05, 4.69) is 10.1 Å². The predicted octanol–water partition coefficient (Wildman–Crippen LogP) is 3.53. The van der Waals surface area contributed by atoms with Crippen LogP contribution < -0.4 is 15.4 Å². The second-order valence-electron chi connectivity index (χ2n) is 4.41. The van der Waals surface area contributed by atoms with Crippen LogP contribution in [0.15, 0.2) is 42.5 Å². The summed E-state index contributed by atoms with van der Waals surface area (Å²) in [5.41, 5.74) is -0.880. The van der Waals surface area contributed by atoms with Crippen molar-refractivity contribution in [3.05, 3.63) is 59.7 Å². The number of carbonyl (C=O) groups is 2. The maximum Gasteiger partial charge on any atom is 0.387 e. The van der Waals surface area contributed by atoms with Crippen molar-refractivity contribution in [1.29, 1.82) is 0 Å². The molecule has 0 bridgehead atoms. The van der Waals surface area contributed by atoms with Crippen LogP contribution >= 0.6 is 0 Å². The highest BCUT2D eigenvalue weighted by Crippen LogP contribution is 2.19. The Morgan fingerprint density at radius 1 is 1.00 bits per heavy atom. The van der Waals surface area contributed by atoms with Gasteiger partial charge in [-0.25, -0.2) is 13.6 Å². The molecule has 2 aromatic carbocycles. The molecule has 0 atom stereocenters. The summed E-state index contributed by atoms with van der Waals surface area (Å²) in [6.07, 6.45) is 0. The lowest BCUT2D eigenvalue weighted by atomic mass is 10.2. The van der Waals surface area contributed by atoms with Crippen LogP contribution in [-0.4, -0.2) is 18.5 Å². The highest BCUT2D eigenvalue weighted by Gasteiger charge is 2.19. The largest absolute Gasteiger partial charge is 0.435 e. The van der Waals surface area contributed by atoms with Crippen molar-refractivity contribution >= 4 is 17.6 Å². The summed E-state index contributed by atoms with van der Waals surface area (Å²) in [4.78, 5) is 23.4. The Bertz CT molecular complexity index is 748. The number of urea groups is 1. The van der Waals surface area contributed by atoms with E-state index in [-0.39, 0.29) is 11.4 Å². The van der Waals surface area contributed by atoms with E-state index in [0.717, 1.165) is 24.3 Å². The molecule has 0 fully saturated rings. The molecule has 9 heteroatoms. The van der Waals surface area contributed by atoms with Gasteiger partial charge in [-0.1, -0.05) is 12.1 Å². The first-order valence-electron chi connectivity index (χ1n) is 6.48. The van der Waals surface area contributed by atoms with Crippen molar-refractivity contribution in [3.8, 4) is 5.75 Å². The van der Waals surface area contributed by atoms with Gasteiger partial charge in [-0.15, -0.1) is 0 Å². The molecule has 0 aliphatic rings. The number of anilines is 1. The number of hydrogen-bond donors (Lipinski definition) is 2. The second-order valence-corrected chi connectivity index (χ2v) is 4.41. The number of imide groups is 1. The zero-order valence-electron chi connectivity index (χ0n) is 11.9. The van der Waals surface area contributed by atoms with Crippen molar-refractivity contribution in [2.45, 2.75) is 6.61 Å². The zero-order chi connectivity index (χ0) is 17.7. The van der Waals surface area contributed by atoms with Gasteiger partial charge in [0.15, 0.2) is 0 Å². The number of nitrogens with one attached hydrogen (secondary N) is 2. The minimum Gasteiger partial charge on any atom is -0.435 e. The highest BCUT2D eigenvalue weighted by atomic mass is 19.3.